The van der Waals surface area contributed by atoms with Crippen LogP contribution in [0.15, 0.2) is 65.7 Å². The molecule has 0 fully saturated rings. The normalized spacial score (nSPS) is 16.0. The molecule has 0 atom stereocenters. The van der Waals surface area contributed by atoms with E-state index in [1.54, 1.807) is 12.3 Å². The summed E-state index contributed by atoms with van der Waals surface area (Å²) < 4.78 is 28.8. The van der Waals surface area contributed by atoms with Gasteiger partial charge in [-0.05, 0) is 73.6 Å². The van der Waals surface area contributed by atoms with Crippen LogP contribution in [-0.4, -0.2) is 26.5 Å². The number of anilines is 2. The number of hydrogen-bond acceptors (Lipinski definition) is 4. The zero-order chi connectivity index (χ0) is 21.4. The topological polar surface area (TPSA) is 53.5 Å². The summed E-state index contributed by atoms with van der Waals surface area (Å²) >= 11 is 0. The molecule has 0 spiro atoms. The molecule has 0 amide bonds. The van der Waals surface area contributed by atoms with Gasteiger partial charge in [-0.25, -0.2) is 13.4 Å². The number of sulfonamides is 1. The number of benzene rings is 2. The Morgan fingerprint density at radius 2 is 1.71 bits per heavy atom. The van der Waals surface area contributed by atoms with Crippen molar-refractivity contribution in [1.29, 1.82) is 0 Å². The Bertz CT molecular complexity index is 1210. The number of fused-ring (bicyclic) bond motifs is 2. The fraction of sp³-hybridized carbons (Fsp3) is 0.320. The molecule has 1 aromatic heterocycles. The van der Waals surface area contributed by atoms with Crippen molar-refractivity contribution >= 4 is 21.5 Å². The Kier molecular flexibility index (Phi) is 5.18. The maximum absolute atomic E-state index is 13.6. The molecule has 160 valence electrons. The van der Waals surface area contributed by atoms with Gasteiger partial charge in [0.05, 0.1) is 17.1 Å². The molecule has 0 N–H and O–H groups in total. The molecule has 1 aliphatic heterocycles. The second-order valence-corrected chi connectivity index (χ2v) is 10.3. The van der Waals surface area contributed by atoms with Crippen molar-refractivity contribution in [2.24, 2.45) is 0 Å². The number of aryl methyl sites for hydroxylation is 3. The van der Waals surface area contributed by atoms with E-state index in [-0.39, 0.29) is 0 Å². The van der Waals surface area contributed by atoms with E-state index >= 15 is 0 Å². The van der Waals surface area contributed by atoms with Gasteiger partial charge in [-0.2, -0.15) is 0 Å². The highest BCUT2D eigenvalue weighted by molar-refractivity contribution is 7.92. The molecule has 0 unspecified atom stereocenters. The average molecular weight is 434 g/mol. The van der Waals surface area contributed by atoms with Crippen LogP contribution in [0.3, 0.4) is 0 Å². The first-order valence-corrected chi connectivity index (χ1v) is 12.4. The van der Waals surface area contributed by atoms with Crippen LogP contribution in [0.1, 0.15) is 35.1 Å². The molecule has 1 aliphatic carbocycles. The quantitative estimate of drug-likeness (QED) is 0.609. The van der Waals surface area contributed by atoms with Crippen LogP contribution in [0.2, 0.25) is 0 Å². The maximum Gasteiger partial charge on any atom is 0.264 e. The van der Waals surface area contributed by atoms with E-state index in [1.807, 2.05) is 24.3 Å². The van der Waals surface area contributed by atoms with Crippen LogP contribution in [-0.2, 0) is 29.4 Å². The van der Waals surface area contributed by atoms with Crippen molar-refractivity contribution in [3.05, 3.63) is 83.0 Å². The van der Waals surface area contributed by atoms with Gasteiger partial charge in [0.15, 0.2) is 5.82 Å². The number of rotatable bonds is 4. The summed E-state index contributed by atoms with van der Waals surface area (Å²) in [6.07, 6.45) is 6.04. The maximum atomic E-state index is 13.6. The van der Waals surface area contributed by atoms with Crippen LogP contribution < -0.4 is 9.21 Å². The first kappa shape index (κ1) is 20.1. The predicted molar refractivity (Wildman–Crippen MR) is 124 cm³/mol. The molecule has 2 heterocycles. The predicted octanol–water partition coefficient (Wildman–Crippen LogP) is 4.48. The van der Waals surface area contributed by atoms with Gasteiger partial charge in [-0.15, -0.1) is 0 Å². The van der Waals surface area contributed by atoms with Gasteiger partial charge >= 0.3 is 0 Å². The third-order valence-electron chi connectivity index (χ3n) is 6.31. The molecule has 6 heteroatoms. The lowest BCUT2D eigenvalue weighted by atomic mass is 9.92. The summed E-state index contributed by atoms with van der Waals surface area (Å²) in [6, 6.07) is 17.8. The third-order valence-corrected chi connectivity index (χ3v) is 8.12. The molecular weight excluding hydrogens is 406 g/mol. The molecule has 0 saturated heterocycles. The van der Waals surface area contributed by atoms with Crippen LogP contribution in [0.5, 0.6) is 0 Å². The summed E-state index contributed by atoms with van der Waals surface area (Å²) in [7, 11) is -3.64. The molecule has 0 radical (unpaired) electrons. The van der Waals surface area contributed by atoms with Crippen LogP contribution >= 0.6 is 0 Å². The summed E-state index contributed by atoms with van der Waals surface area (Å²) in [5, 5.41) is 0. The molecule has 2 aromatic carbocycles. The first-order valence-electron chi connectivity index (χ1n) is 10.9. The molecule has 31 heavy (non-hydrogen) atoms. The van der Waals surface area contributed by atoms with Crippen LogP contribution in [0, 0.1) is 6.92 Å². The molecule has 0 bridgehead atoms. The van der Waals surface area contributed by atoms with Gasteiger partial charge in [0.1, 0.15) is 0 Å². The molecule has 0 saturated carbocycles. The fourth-order valence-electron chi connectivity index (χ4n) is 4.58. The van der Waals surface area contributed by atoms with Gasteiger partial charge in [0.2, 0.25) is 0 Å². The zero-order valence-corrected chi connectivity index (χ0v) is 18.6. The summed E-state index contributed by atoms with van der Waals surface area (Å²) in [5.74, 6) is 0.718. The van der Waals surface area contributed by atoms with Crippen molar-refractivity contribution in [1.82, 2.24) is 4.98 Å². The lowest BCUT2D eigenvalue weighted by Gasteiger charge is -2.37. The largest absolute Gasteiger partial charge is 0.349 e. The Morgan fingerprint density at radius 1 is 0.935 bits per heavy atom. The van der Waals surface area contributed by atoms with Crippen molar-refractivity contribution in [2.45, 2.75) is 44.0 Å². The van der Waals surface area contributed by atoms with Gasteiger partial charge in [-0.3, -0.25) is 4.31 Å². The minimum absolute atomic E-state index is 0.384. The van der Waals surface area contributed by atoms with Crippen molar-refractivity contribution in [3.8, 4) is 0 Å². The molecule has 5 rings (SSSR count). The van der Waals surface area contributed by atoms with Crippen molar-refractivity contribution in [2.75, 3.05) is 22.3 Å². The SMILES string of the molecule is Cc1ccc(CN2CCN(S(=O)(=O)c3ccc4c(c3)CCCC4)c3cccnc32)cc1. The Balaban J connectivity index is 1.47. The van der Waals surface area contributed by atoms with Gasteiger partial charge in [0.25, 0.3) is 10.0 Å². The van der Waals surface area contributed by atoms with E-state index in [2.05, 4.69) is 41.1 Å². The molecule has 2 aliphatic rings. The number of aromatic nitrogens is 1. The monoisotopic (exact) mass is 433 g/mol. The Hall–Kier alpha value is -2.86. The summed E-state index contributed by atoms with van der Waals surface area (Å²) in [5.41, 5.74) is 5.53. The third kappa shape index (κ3) is 3.81. The van der Waals surface area contributed by atoms with Gasteiger partial charge in [-0.1, -0.05) is 35.9 Å². The van der Waals surface area contributed by atoms with E-state index in [4.69, 9.17) is 0 Å². The smallest absolute Gasteiger partial charge is 0.264 e. The fourth-order valence-corrected chi connectivity index (χ4v) is 6.09. The van der Waals surface area contributed by atoms with E-state index < -0.39 is 10.0 Å². The second-order valence-electron chi connectivity index (χ2n) is 8.47. The van der Waals surface area contributed by atoms with E-state index in [0.29, 0.717) is 30.2 Å². The van der Waals surface area contributed by atoms with E-state index in [1.165, 1.54) is 33.0 Å². The lowest BCUT2D eigenvalue weighted by molar-refractivity contribution is 0.586. The highest BCUT2D eigenvalue weighted by Gasteiger charge is 2.33. The Labute approximate surface area is 184 Å². The summed E-state index contributed by atoms with van der Waals surface area (Å²) in [6.45, 7) is 3.79. The average Bonchev–Trinajstić information content (AvgIpc) is 2.80. The second kappa shape index (κ2) is 8.00. The number of pyridine rings is 1. The van der Waals surface area contributed by atoms with Crippen LogP contribution in [0.4, 0.5) is 11.5 Å². The summed E-state index contributed by atoms with van der Waals surface area (Å²) in [4.78, 5) is 7.11. The number of hydrogen-bond donors (Lipinski definition) is 0. The van der Waals surface area contributed by atoms with Gasteiger partial charge < -0.3 is 4.90 Å². The van der Waals surface area contributed by atoms with Crippen molar-refractivity contribution < 1.29 is 8.42 Å². The highest BCUT2D eigenvalue weighted by atomic mass is 32.2. The molecule has 5 nitrogen and oxygen atoms in total. The standard InChI is InChI=1S/C25H27N3O2S/c1-19-8-10-20(11-9-19)18-27-15-16-28(24-7-4-14-26-25(24)27)31(29,30)23-13-12-21-5-2-3-6-22(21)17-23/h4,7-14,17H,2-3,5-6,15-16,18H2,1H3. The lowest BCUT2D eigenvalue weighted by Crippen LogP contribution is -2.44. The minimum Gasteiger partial charge on any atom is -0.349 e. The van der Waals surface area contributed by atoms with E-state index in [9.17, 15) is 8.42 Å². The zero-order valence-electron chi connectivity index (χ0n) is 17.8. The minimum atomic E-state index is -3.64. The van der Waals surface area contributed by atoms with Crippen LogP contribution in [0.25, 0.3) is 0 Å². The van der Waals surface area contributed by atoms with Crippen molar-refractivity contribution in [3.63, 3.8) is 0 Å². The number of nitrogens with zero attached hydrogens (tertiary/aromatic N) is 3. The Morgan fingerprint density at radius 3 is 2.52 bits per heavy atom. The van der Waals surface area contributed by atoms with E-state index in [0.717, 1.165) is 25.1 Å². The first-order chi connectivity index (χ1) is 15.0. The molecular formula is C25H27N3O2S. The highest BCUT2D eigenvalue weighted by Crippen LogP contribution is 2.36. The van der Waals surface area contributed by atoms with Gasteiger partial charge in [0, 0.05) is 19.3 Å². The molecule has 3 aromatic rings.